The van der Waals surface area contributed by atoms with Gasteiger partial charge in [-0.3, -0.25) is 0 Å². The maximum Gasteiger partial charge on any atom is 0.251 e. The lowest BCUT2D eigenvalue weighted by Crippen LogP contribution is -2.26. The van der Waals surface area contributed by atoms with Crippen LogP contribution in [0, 0.1) is 6.92 Å². The highest BCUT2D eigenvalue weighted by Crippen LogP contribution is 2.17. The summed E-state index contributed by atoms with van der Waals surface area (Å²) in [5, 5.41) is 9.88. The number of alkyl halides is 2. The molecule has 17 heavy (non-hydrogen) atoms. The Morgan fingerprint density at radius 3 is 2.35 bits per heavy atom. The second-order valence-corrected chi connectivity index (χ2v) is 4.37. The first kappa shape index (κ1) is 14.1. The molecule has 0 heterocycles. The van der Waals surface area contributed by atoms with Crippen molar-refractivity contribution >= 4 is 0 Å². The van der Waals surface area contributed by atoms with E-state index in [4.69, 9.17) is 0 Å². The van der Waals surface area contributed by atoms with Crippen molar-refractivity contribution in [2.75, 3.05) is 20.1 Å². The van der Waals surface area contributed by atoms with Gasteiger partial charge < -0.3 is 10.0 Å². The first-order chi connectivity index (χ1) is 7.99. The Bertz CT molecular complexity index is 327. The Hall–Kier alpha value is -1.00. The van der Waals surface area contributed by atoms with Gasteiger partial charge >= 0.3 is 0 Å². The summed E-state index contributed by atoms with van der Waals surface area (Å²) in [5.74, 6) is 0. The topological polar surface area (TPSA) is 23.5 Å². The molecule has 0 amide bonds. The maximum atomic E-state index is 12.1. The molecule has 0 aromatic heterocycles. The van der Waals surface area contributed by atoms with Gasteiger partial charge in [0, 0.05) is 6.54 Å². The van der Waals surface area contributed by atoms with E-state index < -0.39 is 12.5 Å². The second kappa shape index (κ2) is 6.67. The molecule has 1 atom stereocenters. The normalized spacial score (nSPS) is 13.4. The maximum absolute atomic E-state index is 12.1. The van der Waals surface area contributed by atoms with Crippen LogP contribution < -0.4 is 0 Å². The number of nitrogens with zero attached hydrogens (tertiary/aromatic N) is 1. The summed E-state index contributed by atoms with van der Waals surface area (Å²) in [5.41, 5.74) is 1.97. The SMILES string of the molecule is Cc1ccc(C(O)CCN(C)CC(F)F)cc1. The van der Waals surface area contributed by atoms with E-state index in [1.807, 2.05) is 31.2 Å². The highest BCUT2D eigenvalue weighted by atomic mass is 19.3. The first-order valence-corrected chi connectivity index (χ1v) is 5.70. The lowest BCUT2D eigenvalue weighted by Gasteiger charge is -2.18. The van der Waals surface area contributed by atoms with E-state index in [0.29, 0.717) is 13.0 Å². The molecule has 1 aromatic carbocycles. The minimum Gasteiger partial charge on any atom is -0.388 e. The molecule has 1 unspecified atom stereocenters. The summed E-state index contributed by atoms with van der Waals surface area (Å²) in [6.45, 7) is 2.19. The van der Waals surface area contributed by atoms with Crippen molar-refractivity contribution in [3.05, 3.63) is 35.4 Å². The molecule has 2 nitrogen and oxygen atoms in total. The van der Waals surface area contributed by atoms with Crippen LogP contribution in [0.15, 0.2) is 24.3 Å². The van der Waals surface area contributed by atoms with E-state index in [1.54, 1.807) is 7.05 Å². The van der Waals surface area contributed by atoms with Gasteiger partial charge in [0.1, 0.15) is 0 Å². The molecular weight excluding hydrogens is 224 g/mol. The largest absolute Gasteiger partial charge is 0.388 e. The van der Waals surface area contributed by atoms with Crippen LogP contribution >= 0.6 is 0 Å². The molecule has 0 fully saturated rings. The molecule has 1 rings (SSSR count). The van der Waals surface area contributed by atoms with E-state index in [-0.39, 0.29) is 6.54 Å². The lowest BCUT2D eigenvalue weighted by atomic mass is 10.0. The molecule has 0 aliphatic carbocycles. The fraction of sp³-hybridized carbons (Fsp3) is 0.538. The minimum atomic E-state index is -2.32. The van der Waals surface area contributed by atoms with Gasteiger partial charge in [0.2, 0.25) is 0 Å². The van der Waals surface area contributed by atoms with Gasteiger partial charge in [0.25, 0.3) is 6.43 Å². The monoisotopic (exact) mass is 243 g/mol. The summed E-state index contributed by atoms with van der Waals surface area (Å²) in [6, 6.07) is 7.60. The third-order valence-corrected chi connectivity index (χ3v) is 2.70. The zero-order valence-electron chi connectivity index (χ0n) is 10.2. The molecule has 0 aliphatic rings. The van der Waals surface area contributed by atoms with Gasteiger partial charge in [-0.15, -0.1) is 0 Å². The van der Waals surface area contributed by atoms with E-state index in [0.717, 1.165) is 11.1 Å². The van der Waals surface area contributed by atoms with E-state index in [9.17, 15) is 13.9 Å². The number of aliphatic hydroxyl groups excluding tert-OH is 1. The van der Waals surface area contributed by atoms with Crippen LogP contribution in [0.25, 0.3) is 0 Å². The van der Waals surface area contributed by atoms with E-state index >= 15 is 0 Å². The van der Waals surface area contributed by atoms with Crippen LogP contribution in [0.5, 0.6) is 0 Å². The molecular formula is C13H19F2NO. The fourth-order valence-corrected chi connectivity index (χ4v) is 1.62. The summed E-state index contributed by atoms with van der Waals surface area (Å²) in [6.07, 6.45) is -2.45. The zero-order chi connectivity index (χ0) is 12.8. The molecule has 1 N–H and O–H groups in total. The number of benzene rings is 1. The van der Waals surface area contributed by atoms with E-state index in [1.165, 1.54) is 4.90 Å². The zero-order valence-corrected chi connectivity index (χ0v) is 10.2. The van der Waals surface area contributed by atoms with Crippen LogP contribution in [0.4, 0.5) is 8.78 Å². The summed E-state index contributed by atoms with van der Waals surface area (Å²) in [4.78, 5) is 1.53. The standard InChI is InChI=1S/C13H19F2NO/c1-10-3-5-11(6-4-10)12(17)7-8-16(2)9-13(14)15/h3-6,12-13,17H,7-9H2,1-2H3. The molecule has 0 spiro atoms. The van der Waals surface area contributed by atoms with Crippen molar-refractivity contribution < 1.29 is 13.9 Å². The van der Waals surface area contributed by atoms with Crippen molar-refractivity contribution in [3.8, 4) is 0 Å². The Labute approximate surface area is 101 Å². The molecule has 0 saturated heterocycles. The molecule has 1 aromatic rings. The summed E-state index contributed by atoms with van der Waals surface area (Å²) < 4.78 is 24.1. The van der Waals surface area contributed by atoms with Gasteiger partial charge in [-0.1, -0.05) is 29.8 Å². The van der Waals surface area contributed by atoms with Crippen molar-refractivity contribution in [1.29, 1.82) is 0 Å². The highest BCUT2D eigenvalue weighted by molar-refractivity contribution is 5.22. The first-order valence-electron chi connectivity index (χ1n) is 5.70. The van der Waals surface area contributed by atoms with Crippen LogP contribution in [0.1, 0.15) is 23.7 Å². The molecule has 0 aliphatic heterocycles. The highest BCUT2D eigenvalue weighted by Gasteiger charge is 2.11. The number of aliphatic hydroxyl groups is 1. The number of aryl methyl sites for hydroxylation is 1. The molecule has 0 bridgehead atoms. The predicted molar refractivity (Wildman–Crippen MR) is 64.3 cm³/mol. The van der Waals surface area contributed by atoms with Crippen LogP contribution in [-0.4, -0.2) is 36.6 Å². The lowest BCUT2D eigenvalue weighted by molar-refractivity contribution is 0.0874. The molecule has 96 valence electrons. The summed E-state index contributed by atoms with van der Waals surface area (Å²) in [7, 11) is 1.63. The summed E-state index contributed by atoms with van der Waals surface area (Å²) >= 11 is 0. The smallest absolute Gasteiger partial charge is 0.251 e. The third-order valence-electron chi connectivity index (χ3n) is 2.70. The minimum absolute atomic E-state index is 0.249. The predicted octanol–water partition coefficient (Wildman–Crippen LogP) is 2.62. The van der Waals surface area contributed by atoms with Gasteiger partial charge in [0.05, 0.1) is 12.6 Å². The van der Waals surface area contributed by atoms with E-state index in [2.05, 4.69) is 0 Å². The van der Waals surface area contributed by atoms with Gasteiger partial charge in [-0.25, -0.2) is 8.78 Å². The Kier molecular flexibility index (Phi) is 5.51. The number of hydrogen-bond acceptors (Lipinski definition) is 2. The Morgan fingerprint density at radius 2 is 1.82 bits per heavy atom. The average Bonchev–Trinajstić information content (AvgIpc) is 2.26. The number of hydrogen-bond donors (Lipinski definition) is 1. The fourth-order valence-electron chi connectivity index (χ4n) is 1.62. The van der Waals surface area contributed by atoms with Crippen LogP contribution in [0.3, 0.4) is 0 Å². The van der Waals surface area contributed by atoms with Crippen molar-refractivity contribution in [2.45, 2.75) is 25.9 Å². The molecule has 0 radical (unpaired) electrons. The van der Waals surface area contributed by atoms with Gasteiger partial charge in [0.15, 0.2) is 0 Å². The molecule has 0 saturated carbocycles. The second-order valence-electron chi connectivity index (χ2n) is 4.37. The van der Waals surface area contributed by atoms with Crippen molar-refractivity contribution in [2.24, 2.45) is 0 Å². The third kappa shape index (κ3) is 5.24. The van der Waals surface area contributed by atoms with Gasteiger partial charge in [-0.05, 0) is 26.0 Å². The Balaban J connectivity index is 2.39. The van der Waals surface area contributed by atoms with Crippen LogP contribution in [-0.2, 0) is 0 Å². The number of halogens is 2. The van der Waals surface area contributed by atoms with Crippen molar-refractivity contribution in [3.63, 3.8) is 0 Å². The number of rotatable bonds is 6. The van der Waals surface area contributed by atoms with Gasteiger partial charge in [-0.2, -0.15) is 0 Å². The molecule has 4 heteroatoms. The quantitative estimate of drug-likeness (QED) is 0.830. The Morgan fingerprint density at radius 1 is 1.24 bits per heavy atom. The van der Waals surface area contributed by atoms with Crippen LogP contribution in [0.2, 0.25) is 0 Å². The van der Waals surface area contributed by atoms with Crippen molar-refractivity contribution in [1.82, 2.24) is 4.90 Å². The average molecular weight is 243 g/mol.